The molecule has 27 heavy (non-hydrogen) atoms. The zero-order valence-corrected chi connectivity index (χ0v) is 16.2. The summed E-state index contributed by atoms with van der Waals surface area (Å²) in [6, 6.07) is 14.0. The Kier molecular flexibility index (Phi) is 6.70. The van der Waals surface area contributed by atoms with Crippen LogP contribution in [-0.2, 0) is 19.6 Å². The van der Waals surface area contributed by atoms with Gasteiger partial charge in [-0.15, -0.1) is 0 Å². The van der Waals surface area contributed by atoms with E-state index in [0.717, 1.165) is 0 Å². The lowest BCUT2D eigenvalue weighted by molar-refractivity contribution is -0.138. The molecule has 0 aromatic heterocycles. The molecule has 1 N–H and O–H groups in total. The van der Waals surface area contributed by atoms with E-state index in [1.165, 1.54) is 29.2 Å². The molecule has 0 unspecified atom stereocenters. The van der Waals surface area contributed by atoms with E-state index in [2.05, 4.69) is 4.72 Å². The van der Waals surface area contributed by atoms with E-state index in [4.69, 9.17) is 4.74 Å². The molecule has 0 saturated carbocycles. The Morgan fingerprint density at radius 2 is 1.63 bits per heavy atom. The number of nitrogens with one attached hydrogen (secondary N) is 1. The van der Waals surface area contributed by atoms with E-state index < -0.39 is 22.1 Å². The lowest BCUT2D eigenvalue weighted by atomic mass is 10.1. The van der Waals surface area contributed by atoms with E-state index in [9.17, 15) is 18.0 Å². The Labute approximate surface area is 159 Å². The van der Waals surface area contributed by atoms with Crippen molar-refractivity contribution < 1.29 is 22.7 Å². The third-order valence-corrected chi connectivity index (χ3v) is 5.29. The predicted octanol–water partition coefficient (Wildman–Crippen LogP) is 1.97. The first-order chi connectivity index (χ1) is 12.8. The smallest absolute Gasteiger partial charge is 0.339 e. The summed E-state index contributed by atoms with van der Waals surface area (Å²) < 4.78 is 31.7. The summed E-state index contributed by atoms with van der Waals surface area (Å²) in [7, 11) is -0.455. The minimum absolute atomic E-state index is 0.0462. The molecule has 2 aromatic carbocycles. The second-order valence-electron chi connectivity index (χ2n) is 5.95. The normalized spacial score (nSPS) is 12.3. The molecule has 0 saturated heterocycles. The lowest BCUT2D eigenvalue weighted by Crippen LogP contribution is -2.31. The Bertz CT molecular complexity index is 893. The summed E-state index contributed by atoms with van der Waals surface area (Å²) in [5.41, 5.74) is 0.703. The number of carbonyl (C=O) groups is 2. The van der Waals surface area contributed by atoms with E-state index in [1.54, 1.807) is 51.4 Å². The number of amides is 1. The molecule has 0 heterocycles. The quantitative estimate of drug-likeness (QED) is 0.730. The molecule has 7 nitrogen and oxygen atoms in total. The van der Waals surface area contributed by atoms with Gasteiger partial charge < -0.3 is 9.64 Å². The summed E-state index contributed by atoms with van der Waals surface area (Å²) in [5, 5.41) is 0. The summed E-state index contributed by atoms with van der Waals surface area (Å²) in [6.07, 6.45) is -1.08. The van der Waals surface area contributed by atoms with Gasteiger partial charge in [-0.1, -0.05) is 37.3 Å². The van der Waals surface area contributed by atoms with Gasteiger partial charge >= 0.3 is 5.97 Å². The van der Waals surface area contributed by atoms with Crippen molar-refractivity contribution in [1.29, 1.82) is 0 Å². The van der Waals surface area contributed by atoms with Gasteiger partial charge in [0, 0.05) is 26.2 Å². The van der Waals surface area contributed by atoms with Crippen LogP contribution in [0.3, 0.4) is 0 Å². The van der Waals surface area contributed by atoms with Gasteiger partial charge in [0.25, 0.3) is 5.91 Å². The number of hydrogen-bond acceptors (Lipinski definition) is 5. The fourth-order valence-corrected chi connectivity index (χ4v) is 3.38. The van der Waals surface area contributed by atoms with Gasteiger partial charge in [0.15, 0.2) is 0 Å². The number of sulfonamides is 1. The molecular weight excluding hydrogens is 368 g/mol. The molecule has 0 radical (unpaired) electrons. The predicted molar refractivity (Wildman–Crippen MR) is 101 cm³/mol. The molecule has 0 spiro atoms. The van der Waals surface area contributed by atoms with Gasteiger partial charge in [-0.05, 0) is 24.3 Å². The Morgan fingerprint density at radius 3 is 2.15 bits per heavy atom. The van der Waals surface area contributed by atoms with E-state index >= 15 is 0 Å². The van der Waals surface area contributed by atoms with Crippen LogP contribution in [0.1, 0.15) is 28.9 Å². The topological polar surface area (TPSA) is 92.8 Å². The first-order valence-corrected chi connectivity index (χ1v) is 9.81. The monoisotopic (exact) mass is 390 g/mol. The van der Waals surface area contributed by atoms with Crippen LogP contribution in [0.5, 0.6) is 0 Å². The summed E-state index contributed by atoms with van der Waals surface area (Å²) >= 11 is 0. The molecule has 1 amide bonds. The second kappa shape index (κ2) is 8.79. The van der Waals surface area contributed by atoms with Crippen LogP contribution in [-0.4, -0.2) is 45.8 Å². The number of hydrogen-bond donors (Lipinski definition) is 1. The van der Waals surface area contributed by atoms with Crippen molar-refractivity contribution in [1.82, 2.24) is 9.62 Å². The van der Waals surface area contributed by atoms with E-state index in [1.807, 2.05) is 0 Å². The number of carbonyl (C=O) groups excluding carboxylic acids is 2. The number of benzene rings is 2. The minimum atomic E-state index is -3.61. The number of nitrogens with zero attached hydrogens (tertiary/aromatic N) is 1. The molecule has 2 rings (SSSR count). The Hall–Kier alpha value is -2.71. The van der Waals surface area contributed by atoms with Crippen molar-refractivity contribution in [2.24, 2.45) is 0 Å². The number of ether oxygens (including phenoxy) is 1. The van der Waals surface area contributed by atoms with E-state index in [0.29, 0.717) is 5.56 Å². The Morgan fingerprint density at radius 1 is 1.04 bits per heavy atom. The number of likely N-dealkylation sites (N-methyl/N-ethyl adjacent to an activating group) is 1. The molecule has 144 valence electrons. The zero-order valence-electron chi connectivity index (χ0n) is 15.4. The van der Waals surface area contributed by atoms with Crippen molar-refractivity contribution in [2.75, 3.05) is 20.6 Å². The SMILES string of the molecule is CCNS(=O)(=O)c1ccc(C(=O)O[C@H](C(=O)N(C)C)c2ccccc2)cc1. The molecule has 8 heteroatoms. The van der Waals surface area contributed by atoms with Crippen molar-refractivity contribution in [3.8, 4) is 0 Å². The van der Waals surface area contributed by atoms with Crippen LogP contribution in [0.2, 0.25) is 0 Å². The van der Waals surface area contributed by atoms with Gasteiger partial charge in [-0.3, -0.25) is 4.79 Å². The minimum Gasteiger partial charge on any atom is -0.444 e. The van der Waals surface area contributed by atoms with Crippen LogP contribution in [0.4, 0.5) is 0 Å². The highest BCUT2D eigenvalue weighted by Gasteiger charge is 2.27. The average Bonchev–Trinajstić information content (AvgIpc) is 2.66. The molecule has 0 aliphatic rings. The van der Waals surface area contributed by atoms with Gasteiger partial charge in [0.2, 0.25) is 16.1 Å². The molecule has 0 fully saturated rings. The molecule has 0 bridgehead atoms. The fraction of sp³-hybridized carbons (Fsp3) is 0.263. The first-order valence-electron chi connectivity index (χ1n) is 8.33. The molecule has 2 aromatic rings. The molecule has 1 atom stereocenters. The maximum Gasteiger partial charge on any atom is 0.339 e. The third kappa shape index (κ3) is 5.15. The largest absolute Gasteiger partial charge is 0.444 e. The fourth-order valence-electron chi connectivity index (χ4n) is 2.34. The zero-order chi connectivity index (χ0) is 20.0. The average molecular weight is 390 g/mol. The van der Waals surface area contributed by atoms with Crippen LogP contribution in [0.25, 0.3) is 0 Å². The molecule has 0 aliphatic carbocycles. The van der Waals surface area contributed by atoms with Crippen molar-refractivity contribution in [2.45, 2.75) is 17.9 Å². The highest BCUT2D eigenvalue weighted by molar-refractivity contribution is 7.89. The standard InChI is InChI=1S/C19H22N2O5S/c1-4-20-27(24,25)16-12-10-15(11-13-16)19(23)26-17(18(22)21(2)3)14-8-6-5-7-9-14/h5-13,17,20H,4H2,1-3H3/t17-/m0/s1. The van der Waals surface area contributed by atoms with E-state index in [-0.39, 0.29) is 22.9 Å². The van der Waals surface area contributed by atoms with Crippen molar-refractivity contribution in [3.63, 3.8) is 0 Å². The summed E-state index contributed by atoms with van der Waals surface area (Å²) in [6.45, 7) is 1.94. The number of esters is 1. The Balaban J connectivity index is 2.24. The summed E-state index contributed by atoms with van der Waals surface area (Å²) in [4.78, 5) is 26.3. The summed E-state index contributed by atoms with van der Waals surface area (Å²) in [5.74, 6) is -1.09. The highest BCUT2D eigenvalue weighted by Crippen LogP contribution is 2.21. The lowest BCUT2D eigenvalue weighted by Gasteiger charge is -2.21. The van der Waals surface area contributed by atoms with Crippen LogP contribution in [0, 0.1) is 0 Å². The van der Waals surface area contributed by atoms with Gasteiger partial charge in [-0.2, -0.15) is 0 Å². The van der Waals surface area contributed by atoms with Gasteiger partial charge in [0.1, 0.15) is 0 Å². The molecular formula is C19H22N2O5S. The van der Waals surface area contributed by atoms with Crippen LogP contribution >= 0.6 is 0 Å². The van der Waals surface area contributed by atoms with Crippen LogP contribution in [0.15, 0.2) is 59.5 Å². The maximum absolute atomic E-state index is 12.5. The third-order valence-electron chi connectivity index (χ3n) is 3.73. The van der Waals surface area contributed by atoms with Crippen molar-refractivity contribution >= 4 is 21.9 Å². The highest BCUT2D eigenvalue weighted by atomic mass is 32.2. The molecule has 0 aliphatic heterocycles. The van der Waals surface area contributed by atoms with Crippen molar-refractivity contribution in [3.05, 3.63) is 65.7 Å². The van der Waals surface area contributed by atoms with Gasteiger partial charge in [0.05, 0.1) is 10.5 Å². The second-order valence-corrected chi connectivity index (χ2v) is 7.72. The van der Waals surface area contributed by atoms with Gasteiger partial charge in [-0.25, -0.2) is 17.9 Å². The first kappa shape index (κ1) is 20.6. The van der Waals surface area contributed by atoms with Crippen LogP contribution < -0.4 is 4.72 Å². The number of rotatable bonds is 7. The maximum atomic E-state index is 12.5.